The van der Waals surface area contributed by atoms with Crippen LogP contribution < -0.4 is 25.3 Å². The minimum absolute atomic E-state index is 0.266. The van der Waals surface area contributed by atoms with Gasteiger partial charge in [-0.05, 0) is 37.3 Å². The van der Waals surface area contributed by atoms with Crippen LogP contribution in [0.15, 0.2) is 42.5 Å². The second-order valence-electron chi connectivity index (χ2n) is 5.54. The zero-order valence-corrected chi connectivity index (χ0v) is 14.8. The van der Waals surface area contributed by atoms with Crippen molar-refractivity contribution in [2.24, 2.45) is 5.73 Å². The molecule has 0 spiro atoms. The third kappa shape index (κ3) is 5.70. The molecule has 2 aromatic rings. The number of nitrogens with two attached hydrogens (primary N) is 1. The summed E-state index contributed by atoms with van der Waals surface area (Å²) in [6.45, 7) is 2.45. The maximum atomic E-state index is 12.2. The Labute approximate surface area is 152 Å². The number of nitrogens with one attached hydrogen (secondary N) is 1. The van der Waals surface area contributed by atoms with Crippen molar-refractivity contribution in [2.75, 3.05) is 26.9 Å². The number of amides is 2. The van der Waals surface area contributed by atoms with Crippen LogP contribution in [0, 0.1) is 6.92 Å². The number of methoxy groups -OCH3 is 1. The van der Waals surface area contributed by atoms with E-state index in [4.69, 9.17) is 19.9 Å². The second kappa shape index (κ2) is 9.31. The van der Waals surface area contributed by atoms with E-state index in [-0.39, 0.29) is 12.5 Å². The number of rotatable bonds is 9. The van der Waals surface area contributed by atoms with Gasteiger partial charge in [-0.1, -0.05) is 17.7 Å². The van der Waals surface area contributed by atoms with Gasteiger partial charge in [-0.2, -0.15) is 0 Å². The first-order valence-corrected chi connectivity index (χ1v) is 8.06. The molecule has 2 rings (SSSR count). The number of hydrogen-bond donors (Lipinski definition) is 2. The average Bonchev–Trinajstić information content (AvgIpc) is 2.64. The monoisotopic (exact) mass is 358 g/mol. The van der Waals surface area contributed by atoms with Gasteiger partial charge >= 0.3 is 0 Å². The van der Waals surface area contributed by atoms with Gasteiger partial charge in [0.1, 0.15) is 12.4 Å². The Kier molecular flexibility index (Phi) is 6.84. The molecule has 0 aliphatic heterocycles. The first-order chi connectivity index (χ1) is 12.5. The average molecular weight is 358 g/mol. The Hall–Kier alpha value is -3.22. The number of aryl methyl sites for hydroxylation is 1. The fourth-order valence-corrected chi connectivity index (χ4v) is 2.15. The maximum Gasteiger partial charge on any atom is 0.255 e. The molecule has 0 fully saturated rings. The maximum absolute atomic E-state index is 12.2. The van der Waals surface area contributed by atoms with Crippen molar-refractivity contribution >= 4 is 11.8 Å². The summed E-state index contributed by atoms with van der Waals surface area (Å²) in [7, 11) is 1.45. The van der Waals surface area contributed by atoms with Crippen molar-refractivity contribution in [3.8, 4) is 17.2 Å². The van der Waals surface area contributed by atoms with Crippen LogP contribution in [0.3, 0.4) is 0 Å². The summed E-state index contributed by atoms with van der Waals surface area (Å²) in [6, 6.07) is 12.4. The summed E-state index contributed by atoms with van der Waals surface area (Å²) in [4.78, 5) is 23.0. The lowest BCUT2D eigenvalue weighted by molar-refractivity contribution is -0.119. The van der Waals surface area contributed by atoms with E-state index in [1.165, 1.54) is 13.2 Å². The third-order valence-corrected chi connectivity index (χ3v) is 3.47. The molecule has 3 N–H and O–H groups in total. The molecule has 0 radical (unpaired) electrons. The number of primary amides is 1. The van der Waals surface area contributed by atoms with Crippen molar-refractivity contribution in [1.82, 2.24) is 5.32 Å². The lowest BCUT2D eigenvalue weighted by Gasteiger charge is -2.12. The molecule has 2 aromatic carbocycles. The Balaban J connectivity index is 1.86. The van der Waals surface area contributed by atoms with Crippen LogP contribution >= 0.6 is 0 Å². The van der Waals surface area contributed by atoms with Crippen LogP contribution in [0.5, 0.6) is 17.2 Å². The molecule has 26 heavy (non-hydrogen) atoms. The highest BCUT2D eigenvalue weighted by molar-refractivity contribution is 5.94. The third-order valence-electron chi connectivity index (χ3n) is 3.47. The van der Waals surface area contributed by atoms with Gasteiger partial charge in [-0.3, -0.25) is 9.59 Å². The molecule has 2 amide bonds. The second-order valence-corrected chi connectivity index (χ2v) is 5.54. The zero-order valence-electron chi connectivity index (χ0n) is 14.8. The first-order valence-electron chi connectivity index (χ1n) is 8.06. The SMILES string of the molecule is COc1cc(C(=O)NCCOc2ccc(C)cc2)ccc1OCC(N)=O. The van der Waals surface area contributed by atoms with Crippen LogP contribution in [-0.4, -0.2) is 38.7 Å². The van der Waals surface area contributed by atoms with Crippen molar-refractivity contribution in [3.63, 3.8) is 0 Å². The molecule has 0 heterocycles. The van der Waals surface area contributed by atoms with Crippen LogP contribution in [0.25, 0.3) is 0 Å². The quantitative estimate of drug-likeness (QED) is 0.664. The van der Waals surface area contributed by atoms with Gasteiger partial charge in [0.15, 0.2) is 18.1 Å². The molecular weight excluding hydrogens is 336 g/mol. The normalized spacial score (nSPS) is 10.1. The van der Waals surface area contributed by atoms with Crippen molar-refractivity contribution < 1.29 is 23.8 Å². The molecule has 0 aliphatic rings. The topological polar surface area (TPSA) is 99.9 Å². The largest absolute Gasteiger partial charge is 0.493 e. The molecule has 0 bridgehead atoms. The molecule has 0 unspecified atom stereocenters. The van der Waals surface area contributed by atoms with Gasteiger partial charge in [-0.25, -0.2) is 0 Å². The van der Waals surface area contributed by atoms with Gasteiger partial charge in [0.05, 0.1) is 13.7 Å². The van der Waals surface area contributed by atoms with Gasteiger partial charge in [0.25, 0.3) is 11.8 Å². The molecule has 7 heteroatoms. The number of carbonyl (C=O) groups excluding carboxylic acids is 2. The number of hydrogen-bond acceptors (Lipinski definition) is 5. The smallest absolute Gasteiger partial charge is 0.255 e. The predicted molar refractivity (Wildman–Crippen MR) is 96.7 cm³/mol. The van der Waals surface area contributed by atoms with E-state index in [1.807, 2.05) is 31.2 Å². The van der Waals surface area contributed by atoms with Crippen LogP contribution in [-0.2, 0) is 4.79 Å². The van der Waals surface area contributed by atoms with Crippen molar-refractivity contribution in [3.05, 3.63) is 53.6 Å². The van der Waals surface area contributed by atoms with Crippen molar-refractivity contribution in [1.29, 1.82) is 0 Å². The van der Waals surface area contributed by atoms with E-state index in [1.54, 1.807) is 12.1 Å². The van der Waals surface area contributed by atoms with E-state index in [0.717, 1.165) is 11.3 Å². The molecule has 0 saturated heterocycles. The first kappa shape index (κ1) is 19.1. The van der Waals surface area contributed by atoms with E-state index in [0.29, 0.717) is 30.2 Å². The molecule has 0 aromatic heterocycles. The minimum atomic E-state index is -0.595. The van der Waals surface area contributed by atoms with E-state index < -0.39 is 5.91 Å². The molecule has 7 nitrogen and oxygen atoms in total. The lowest BCUT2D eigenvalue weighted by atomic mass is 10.2. The summed E-state index contributed by atoms with van der Waals surface area (Å²) in [5.41, 5.74) is 6.61. The van der Waals surface area contributed by atoms with Gasteiger partial charge in [0.2, 0.25) is 0 Å². The number of carbonyl (C=O) groups is 2. The number of ether oxygens (including phenoxy) is 3. The van der Waals surface area contributed by atoms with E-state index in [2.05, 4.69) is 5.32 Å². The standard InChI is InChI=1S/C19H22N2O5/c1-13-3-6-15(7-4-13)25-10-9-21-19(23)14-5-8-16(17(11-14)24-2)26-12-18(20)22/h3-8,11H,9-10,12H2,1-2H3,(H2,20,22)(H,21,23). The highest BCUT2D eigenvalue weighted by atomic mass is 16.5. The van der Waals surface area contributed by atoms with E-state index >= 15 is 0 Å². The number of benzene rings is 2. The summed E-state index contributed by atoms with van der Waals surface area (Å²) < 4.78 is 16.0. The summed E-state index contributed by atoms with van der Waals surface area (Å²) >= 11 is 0. The summed E-state index contributed by atoms with van der Waals surface area (Å²) in [6.07, 6.45) is 0. The Morgan fingerprint density at radius 3 is 2.42 bits per heavy atom. The fourth-order valence-electron chi connectivity index (χ4n) is 2.15. The summed E-state index contributed by atoms with van der Waals surface area (Å²) in [5.74, 6) is 0.572. The van der Waals surface area contributed by atoms with Crippen LogP contribution in [0.2, 0.25) is 0 Å². The lowest BCUT2D eigenvalue weighted by Crippen LogP contribution is -2.28. The Morgan fingerprint density at radius 1 is 1.04 bits per heavy atom. The Morgan fingerprint density at radius 2 is 1.77 bits per heavy atom. The Bertz CT molecular complexity index is 759. The minimum Gasteiger partial charge on any atom is -0.493 e. The van der Waals surface area contributed by atoms with Gasteiger partial charge in [-0.15, -0.1) is 0 Å². The molecule has 138 valence electrons. The molecule has 0 atom stereocenters. The zero-order chi connectivity index (χ0) is 18.9. The van der Waals surface area contributed by atoms with E-state index in [9.17, 15) is 9.59 Å². The predicted octanol–water partition coefficient (Wildman–Crippen LogP) is 1.68. The highest BCUT2D eigenvalue weighted by Crippen LogP contribution is 2.28. The molecule has 0 saturated carbocycles. The fraction of sp³-hybridized carbons (Fsp3) is 0.263. The van der Waals surface area contributed by atoms with Gasteiger partial charge < -0.3 is 25.3 Å². The van der Waals surface area contributed by atoms with Crippen LogP contribution in [0.4, 0.5) is 0 Å². The molecule has 0 aliphatic carbocycles. The molecular formula is C19H22N2O5. The highest BCUT2D eigenvalue weighted by Gasteiger charge is 2.11. The van der Waals surface area contributed by atoms with Crippen LogP contribution in [0.1, 0.15) is 15.9 Å². The summed E-state index contributed by atoms with van der Waals surface area (Å²) in [5, 5.41) is 2.77. The van der Waals surface area contributed by atoms with Crippen molar-refractivity contribution in [2.45, 2.75) is 6.92 Å². The van der Waals surface area contributed by atoms with Gasteiger partial charge in [0, 0.05) is 5.56 Å².